The van der Waals surface area contributed by atoms with Crippen LogP contribution in [0.5, 0.6) is 0 Å². The van der Waals surface area contributed by atoms with Crippen LogP contribution in [0, 0.1) is 5.41 Å². The van der Waals surface area contributed by atoms with Crippen LogP contribution in [-0.2, 0) is 10.0 Å². The molecule has 0 aromatic rings. The summed E-state index contributed by atoms with van der Waals surface area (Å²) in [5.41, 5.74) is 5.72. The van der Waals surface area contributed by atoms with Crippen LogP contribution in [0.1, 0.15) is 40.0 Å². The molecule has 5 heteroatoms. The van der Waals surface area contributed by atoms with Crippen LogP contribution in [0.3, 0.4) is 0 Å². The fraction of sp³-hybridized carbons (Fsp3) is 1.00. The van der Waals surface area contributed by atoms with E-state index in [2.05, 4.69) is 4.72 Å². The molecule has 0 amide bonds. The average Bonchev–Trinajstić information content (AvgIpc) is 2.14. The molecule has 1 aliphatic carbocycles. The second kappa shape index (κ2) is 4.39. The lowest BCUT2D eigenvalue weighted by Gasteiger charge is -2.50. The van der Waals surface area contributed by atoms with Gasteiger partial charge in [-0.25, -0.2) is 13.1 Å². The summed E-state index contributed by atoms with van der Waals surface area (Å²) in [4.78, 5) is 0. The molecule has 0 heterocycles. The maximum absolute atomic E-state index is 11.6. The normalized spacial score (nSPS) is 29.9. The molecule has 4 nitrogen and oxygen atoms in total. The minimum Gasteiger partial charge on any atom is -0.327 e. The minimum atomic E-state index is -3.10. The number of sulfonamides is 1. The Bertz CT molecular complexity index is 311. The molecule has 1 fully saturated rings. The molecule has 2 atom stereocenters. The van der Waals surface area contributed by atoms with Crippen LogP contribution in [0.25, 0.3) is 0 Å². The highest BCUT2D eigenvalue weighted by Gasteiger charge is 2.47. The fourth-order valence-corrected chi connectivity index (χ4v) is 3.39. The summed E-state index contributed by atoms with van der Waals surface area (Å²) in [6.45, 7) is 6.00. The Morgan fingerprint density at radius 2 is 2.07 bits per heavy atom. The molecule has 0 aromatic heterocycles. The Balaban J connectivity index is 2.49. The summed E-state index contributed by atoms with van der Waals surface area (Å²) in [5, 5.41) is 0. The standard InChI is InChI=1S/C10H22N2O2S/c1-4-5-6-15(13,14)12-9-7-8(11)10(9,2)3/h8-9,12H,4-7,11H2,1-3H3. The van der Waals surface area contributed by atoms with Gasteiger partial charge >= 0.3 is 0 Å². The van der Waals surface area contributed by atoms with Crippen molar-refractivity contribution in [2.75, 3.05) is 5.75 Å². The predicted molar refractivity (Wildman–Crippen MR) is 62.0 cm³/mol. The van der Waals surface area contributed by atoms with Gasteiger partial charge in [-0.2, -0.15) is 0 Å². The van der Waals surface area contributed by atoms with Gasteiger partial charge in [-0.05, 0) is 18.3 Å². The van der Waals surface area contributed by atoms with Gasteiger partial charge in [-0.1, -0.05) is 27.2 Å². The summed E-state index contributed by atoms with van der Waals surface area (Å²) >= 11 is 0. The number of rotatable bonds is 5. The van der Waals surface area contributed by atoms with E-state index in [1.54, 1.807) is 0 Å². The summed E-state index contributed by atoms with van der Waals surface area (Å²) in [6, 6.07) is 0.116. The van der Waals surface area contributed by atoms with Crippen molar-refractivity contribution in [1.29, 1.82) is 0 Å². The molecule has 0 aliphatic heterocycles. The monoisotopic (exact) mass is 234 g/mol. The van der Waals surface area contributed by atoms with Crippen LogP contribution >= 0.6 is 0 Å². The summed E-state index contributed by atoms with van der Waals surface area (Å²) in [6.07, 6.45) is 2.36. The van der Waals surface area contributed by atoms with E-state index in [4.69, 9.17) is 5.73 Å². The highest BCUT2D eigenvalue weighted by molar-refractivity contribution is 7.89. The first-order chi connectivity index (χ1) is 6.79. The zero-order valence-corrected chi connectivity index (χ0v) is 10.6. The first-order valence-corrected chi connectivity index (χ1v) is 7.20. The quantitative estimate of drug-likeness (QED) is 0.740. The van der Waals surface area contributed by atoms with Gasteiger partial charge in [0.05, 0.1) is 5.75 Å². The molecule has 2 unspecified atom stereocenters. The minimum absolute atomic E-state index is 0.00866. The number of hydrogen-bond donors (Lipinski definition) is 2. The molecule has 0 radical (unpaired) electrons. The van der Waals surface area contributed by atoms with Crippen molar-refractivity contribution in [2.24, 2.45) is 11.1 Å². The van der Waals surface area contributed by atoms with Gasteiger partial charge in [0.2, 0.25) is 10.0 Å². The SMILES string of the molecule is CCCCS(=O)(=O)NC1CC(N)C1(C)C. The molecule has 0 spiro atoms. The number of hydrogen-bond acceptors (Lipinski definition) is 3. The van der Waals surface area contributed by atoms with Crippen LogP contribution in [0.15, 0.2) is 0 Å². The van der Waals surface area contributed by atoms with Gasteiger partial charge in [0.15, 0.2) is 0 Å². The molecule has 1 aliphatic rings. The Kier molecular flexibility index (Phi) is 3.79. The Labute approximate surface area is 92.7 Å². The summed E-state index contributed by atoms with van der Waals surface area (Å²) in [5.74, 6) is 0.227. The summed E-state index contributed by atoms with van der Waals surface area (Å²) in [7, 11) is -3.10. The molecule has 0 saturated heterocycles. The predicted octanol–water partition coefficient (Wildman–Crippen LogP) is 0.832. The molecule has 15 heavy (non-hydrogen) atoms. The molecule has 0 bridgehead atoms. The van der Waals surface area contributed by atoms with E-state index < -0.39 is 10.0 Å². The van der Waals surface area contributed by atoms with Gasteiger partial charge in [-0.15, -0.1) is 0 Å². The van der Waals surface area contributed by atoms with Gasteiger partial charge in [0.25, 0.3) is 0 Å². The van der Waals surface area contributed by atoms with Crippen molar-refractivity contribution >= 4 is 10.0 Å². The lowest BCUT2D eigenvalue weighted by Crippen LogP contribution is -2.64. The lowest BCUT2D eigenvalue weighted by atomic mass is 9.64. The van der Waals surface area contributed by atoms with E-state index in [0.717, 1.165) is 12.8 Å². The smallest absolute Gasteiger partial charge is 0.211 e. The maximum atomic E-state index is 11.6. The highest BCUT2D eigenvalue weighted by Crippen LogP contribution is 2.39. The zero-order valence-electron chi connectivity index (χ0n) is 9.79. The van der Waals surface area contributed by atoms with E-state index in [9.17, 15) is 8.42 Å². The first kappa shape index (κ1) is 12.9. The third kappa shape index (κ3) is 2.92. The van der Waals surface area contributed by atoms with Crippen molar-refractivity contribution in [3.63, 3.8) is 0 Å². The Morgan fingerprint density at radius 1 is 1.47 bits per heavy atom. The molecular formula is C10H22N2O2S. The van der Waals surface area contributed by atoms with E-state index in [1.807, 2.05) is 20.8 Å². The maximum Gasteiger partial charge on any atom is 0.211 e. The molecular weight excluding hydrogens is 212 g/mol. The van der Waals surface area contributed by atoms with Crippen molar-refractivity contribution in [3.8, 4) is 0 Å². The zero-order chi connectivity index (χ0) is 11.7. The number of unbranched alkanes of at least 4 members (excludes halogenated alkanes) is 1. The molecule has 1 rings (SSSR count). The second-order valence-corrected chi connectivity index (χ2v) is 6.88. The van der Waals surface area contributed by atoms with Crippen LogP contribution < -0.4 is 10.5 Å². The molecule has 1 saturated carbocycles. The van der Waals surface area contributed by atoms with Crippen molar-refractivity contribution < 1.29 is 8.42 Å². The molecule has 3 N–H and O–H groups in total. The number of nitrogens with one attached hydrogen (secondary N) is 1. The van der Waals surface area contributed by atoms with Crippen molar-refractivity contribution in [1.82, 2.24) is 4.72 Å². The van der Waals surface area contributed by atoms with Gasteiger partial charge < -0.3 is 5.73 Å². The second-order valence-electron chi connectivity index (χ2n) is 5.01. The largest absolute Gasteiger partial charge is 0.327 e. The first-order valence-electron chi connectivity index (χ1n) is 5.55. The average molecular weight is 234 g/mol. The molecule has 90 valence electrons. The van der Waals surface area contributed by atoms with Crippen molar-refractivity contribution in [2.45, 2.75) is 52.1 Å². The Hall–Kier alpha value is -0.130. The van der Waals surface area contributed by atoms with Crippen molar-refractivity contribution in [3.05, 3.63) is 0 Å². The molecule has 0 aromatic carbocycles. The van der Waals surface area contributed by atoms with E-state index >= 15 is 0 Å². The van der Waals surface area contributed by atoms with Crippen LogP contribution in [0.4, 0.5) is 0 Å². The van der Waals surface area contributed by atoms with Crippen LogP contribution in [-0.4, -0.2) is 26.3 Å². The van der Waals surface area contributed by atoms with E-state index in [1.165, 1.54) is 0 Å². The third-order valence-corrected chi connectivity index (χ3v) is 4.90. The Morgan fingerprint density at radius 3 is 2.47 bits per heavy atom. The van der Waals surface area contributed by atoms with Gasteiger partial charge in [0.1, 0.15) is 0 Å². The van der Waals surface area contributed by atoms with Crippen LogP contribution in [0.2, 0.25) is 0 Å². The van der Waals surface area contributed by atoms with E-state index in [0.29, 0.717) is 6.42 Å². The van der Waals surface area contributed by atoms with Gasteiger partial charge in [-0.3, -0.25) is 0 Å². The lowest BCUT2D eigenvalue weighted by molar-refractivity contribution is 0.0903. The van der Waals surface area contributed by atoms with E-state index in [-0.39, 0.29) is 23.3 Å². The number of nitrogens with two attached hydrogens (primary N) is 1. The topological polar surface area (TPSA) is 72.2 Å². The third-order valence-electron chi connectivity index (χ3n) is 3.43. The highest BCUT2D eigenvalue weighted by atomic mass is 32.2. The summed E-state index contributed by atoms with van der Waals surface area (Å²) < 4.78 is 26.0. The van der Waals surface area contributed by atoms with Gasteiger partial charge in [0, 0.05) is 12.1 Å². The fourth-order valence-electron chi connectivity index (χ4n) is 1.77.